The zero-order chi connectivity index (χ0) is 34.9. The van der Waals surface area contributed by atoms with Crippen molar-refractivity contribution in [2.24, 2.45) is 0 Å². The van der Waals surface area contributed by atoms with Crippen LogP contribution in [-0.4, -0.2) is 19.1 Å². The van der Waals surface area contributed by atoms with E-state index in [1.54, 1.807) is 6.26 Å². The van der Waals surface area contributed by atoms with Gasteiger partial charge in [0.05, 0.1) is 39.4 Å². The van der Waals surface area contributed by atoms with Gasteiger partial charge < -0.3 is 8.98 Å². The van der Waals surface area contributed by atoms with Crippen LogP contribution in [-0.2, 0) is 0 Å². The first-order valence-corrected chi connectivity index (χ1v) is 17.8. The largest absolute Gasteiger partial charge is 0.446 e. The highest BCUT2D eigenvalue weighted by Gasteiger charge is 2.20. The van der Waals surface area contributed by atoms with Crippen molar-refractivity contribution >= 4 is 54.7 Å². The third-order valence-electron chi connectivity index (χ3n) is 10.4. The molecule has 0 atom stereocenters. The number of hydrogen-bond donors (Lipinski definition) is 0. The van der Waals surface area contributed by atoms with Crippen molar-refractivity contribution in [2.45, 2.75) is 0 Å². The Morgan fingerprint density at radius 3 is 1.62 bits per heavy atom. The lowest BCUT2D eigenvalue weighted by Gasteiger charge is -2.11. The Labute approximate surface area is 304 Å². The van der Waals surface area contributed by atoms with Crippen LogP contribution in [0.2, 0.25) is 0 Å². The van der Waals surface area contributed by atoms with E-state index in [-0.39, 0.29) is 0 Å². The first kappa shape index (κ1) is 29.5. The van der Waals surface area contributed by atoms with Crippen molar-refractivity contribution in [3.8, 4) is 45.1 Å². The molecule has 248 valence electrons. The third-order valence-corrected chi connectivity index (χ3v) is 10.4. The van der Waals surface area contributed by atoms with Crippen molar-refractivity contribution in [3.63, 3.8) is 0 Å². The molecule has 11 aromatic rings. The molecule has 4 aromatic heterocycles. The molecule has 0 saturated carbocycles. The monoisotopic (exact) mass is 678 g/mol. The maximum Gasteiger partial charge on any atom is 0.238 e. The second-order valence-electron chi connectivity index (χ2n) is 13.5. The van der Waals surface area contributed by atoms with Gasteiger partial charge in [0.1, 0.15) is 0 Å². The van der Waals surface area contributed by atoms with Crippen LogP contribution in [0.1, 0.15) is 0 Å². The number of fused-ring (bicyclic) bond motifs is 7. The van der Waals surface area contributed by atoms with E-state index < -0.39 is 0 Å². The van der Waals surface area contributed by atoms with Crippen molar-refractivity contribution < 1.29 is 4.42 Å². The summed E-state index contributed by atoms with van der Waals surface area (Å²) in [6.07, 6.45) is 1.69. The third kappa shape index (κ3) is 4.64. The maximum absolute atomic E-state index is 5.96. The van der Waals surface area contributed by atoms with Gasteiger partial charge in [0, 0.05) is 32.8 Å². The minimum absolute atomic E-state index is 0.556. The van der Waals surface area contributed by atoms with Crippen LogP contribution in [0.4, 0.5) is 0 Å². The van der Waals surface area contributed by atoms with Gasteiger partial charge in [-0.15, -0.1) is 0 Å². The van der Waals surface area contributed by atoms with E-state index in [9.17, 15) is 0 Å². The van der Waals surface area contributed by atoms with Gasteiger partial charge in [0.2, 0.25) is 11.7 Å². The highest BCUT2D eigenvalue weighted by molar-refractivity contribution is 6.12. The summed E-state index contributed by atoms with van der Waals surface area (Å²) in [6.45, 7) is 0. The smallest absolute Gasteiger partial charge is 0.238 e. The van der Waals surface area contributed by atoms with E-state index >= 15 is 0 Å². The van der Waals surface area contributed by atoms with E-state index in [1.807, 2.05) is 12.1 Å². The molecule has 53 heavy (non-hydrogen) atoms. The van der Waals surface area contributed by atoms with Gasteiger partial charge in [-0.2, -0.15) is 4.98 Å². The second-order valence-corrected chi connectivity index (χ2v) is 13.5. The van der Waals surface area contributed by atoms with Crippen molar-refractivity contribution in [1.29, 1.82) is 0 Å². The van der Waals surface area contributed by atoms with Crippen LogP contribution in [0, 0.1) is 0 Å². The number of benzene rings is 7. The number of para-hydroxylation sites is 3. The highest BCUT2D eigenvalue weighted by atomic mass is 16.3. The molecular weight excluding hydrogens is 649 g/mol. The summed E-state index contributed by atoms with van der Waals surface area (Å²) < 4.78 is 10.5. The molecule has 0 aliphatic carbocycles. The minimum atomic E-state index is 0.556. The normalized spacial score (nSPS) is 11.8. The van der Waals surface area contributed by atoms with Gasteiger partial charge in [-0.25, -0.2) is 4.98 Å². The van der Waals surface area contributed by atoms with Gasteiger partial charge >= 0.3 is 0 Å². The van der Waals surface area contributed by atoms with Gasteiger partial charge in [0.15, 0.2) is 0 Å². The number of hydrogen-bond acceptors (Lipinski definition) is 3. The van der Waals surface area contributed by atoms with E-state index in [0.29, 0.717) is 11.7 Å². The van der Waals surface area contributed by atoms with Crippen molar-refractivity contribution in [3.05, 3.63) is 182 Å². The fourth-order valence-electron chi connectivity index (χ4n) is 8.02. The Morgan fingerprint density at radius 2 is 0.906 bits per heavy atom. The molecule has 0 radical (unpaired) electrons. The predicted molar refractivity (Wildman–Crippen MR) is 217 cm³/mol. The molecule has 11 rings (SSSR count). The molecule has 5 nitrogen and oxygen atoms in total. The first-order chi connectivity index (χ1) is 26.3. The molecule has 0 spiro atoms. The van der Waals surface area contributed by atoms with Crippen molar-refractivity contribution in [2.75, 3.05) is 0 Å². The average molecular weight is 679 g/mol. The van der Waals surface area contributed by atoms with Crippen LogP contribution >= 0.6 is 0 Å². The van der Waals surface area contributed by atoms with Crippen molar-refractivity contribution in [1.82, 2.24) is 19.1 Å². The topological polar surface area (TPSA) is 48.8 Å². The molecular formula is C48H30N4O. The van der Waals surface area contributed by atoms with E-state index in [1.165, 1.54) is 27.4 Å². The summed E-state index contributed by atoms with van der Waals surface area (Å²) >= 11 is 0. The van der Waals surface area contributed by atoms with Crippen LogP contribution < -0.4 is 0 Å². The van der Waals surface area contributed by atoms with E-state index in [4.69, 9.17) is 14.4 Å². The van der Waals surface area contributed by atoms with Gasteiger partial charge in [-0.05, 0) is 82.9 Å². The standard InChI is InChI=1S/C48H30N4O/c1-3-12-31(13-4-1)32-14-11-15-35(28-32)46-39-26-27-53-47(39)50-48(49-46)52-43-21-10-8-19-38(43)41-30-34(23-25-45(41)52)33-22-24-44-40(29-33)37-18-7-9-20-42(37)51(44)36-16-5-2-6-17-36/h1-30H. The number of nitrogens with zero attached hydrogens (tertiary/aromatic N) is 4. The Hall–Kier alpha value is -7.24. The van der Waals surface area contributed by atoms with Gasteiger partial charge in [0.25, 0.3) is 0 Å². The summed E-state index contributed by atoms with van der Waals surface area (Å²) in [5, 5.41) is 5.63. The Balaban J connectivity index is 1.08. The zero-order valence-electron chi connectivity index (χ0n) is 28.5. The first-order valence-electron chi connectivity index (χ1n) is 17.8. The summed E-state index contributed by atoms with van der Waals surface area (Å²) in [7, 11) is 0. The molecule has 7 aromatic carbocycles. The number of aromatic nitrogens is 4. The lowest BCUT2D eigenvalue weighted by Crippen LogP contribution is -2.02. The highest BCUT2D eigenvalue weighted by Crippen LogP contribution is 2.39. The van der Waals surface area contributed by atoms with Crippen LogP contribution in [0.3, 0.4) is 0 Å². The van der Waals surface area contributed by atoms with Gasteiger partial charge in [-0.3, -0.25) is 4.57 Å². The molecule has 0 unspecified atom stereocenters. The lowest BCUT2D eigenvalue weighted by atomic mass is 10.0. The molecule has 0 aliphatic heterocycles. The summed E-state index contributed by atoms with van der Waals surface area (Å²) in [4.78, 5) is 10.3. The van der Waals surface area contributed by atoms with Crippen LogP contribution in [0.25, 0.3) is 99.9 Å². The lowest BCUT2D eigenvalue weighted by molar-refractivity contribution is 0.601. The molecule has 0 N–H and O–H groups in total. The number of furan rings is 1. The Kier molecular flexibility index (Phi) is 6.48. The van der Waals surface area contributed by atoms with E-state index in [0.717, 1.165) is 60.8 Å². The van der Waals surface area contributed by atoms with Gasteiger partial charge in [-0.1, -0.05) is 115 Å². The summed E-state index contributed by atoms with van der Waals surface area (Å²) in [6, 6.07) is 62.2. The summed E-state index contributed by atoms with van der Waals surface area (Å²) in [5.74, 6) is 0.571. The molecule has 0 amide bonds. The van der Waals surface area contributed by atoms with E-state index in [2.05, 4.69) is 173 Å². The quantitative estimate of drug-likeness (QED) is 0.182. The Bertz CT molecular complexity index is 3170. The molecule has 0 bridgehead atoms. The second kappa shape index (κ2) is 11.7. The Morgan fingerprint density at radius 1 is 0.358 bits per heavy atom. The number of rotatable bonds is 5. The molecule has 5 heteroatoms. The SMILES string of the molecule is c1ccc(-c2cccc(-c3nc(-n4c5ccccc5c5cc(-c6ccc7c(c6)c6ccccc6n7-c6ccccc6)ccc54)nc4occc34)c2)cc1. The molecule has 0 aliphatic rings. The fourth-order valence-corrected chi connectivity index (χ4v) is 8.02. The summed E-state index contributed by atoms with van der Waals surface area (Å²) in [5.41, 5.74) is 12.6. The van der Waals surface area contributed by atoms with Crippen LogP contribution in [0.5, 0.6) is 0 Å². The zero-order valence-corrected chi connectivity index (χ0v) is 28.5. The predicted octanol–water partition coefficient (Wildman–Crippen LogP) is 12.4. The molecule has 4 heterocycles. The molecule has 0 saturated heterocycles. The maximum atomic E-state index is 5.96. The minimum Gasteiger partial charge on any atom is -0.446 e. The average Bonchev–Trinajstić information content (AvgIpc) is 3.93. The fraction of sp³-hybridized carbons (Fsp3) is 0. The van der Waals surface area contributed by atoms with Crippen LogP contribution in [0.15, 0.2) is 187 Å². The molecule has 0 fully saturated rings.